The Hall–Kier alpha value is -1.26. The predicted octanol–water partition coefficient (Wildman–Crippen LogP) is 3.50. The van der Waals surface area contributed by atoms with E-state index in [2.05, 4.69) is 10.2 Å². The Kier molecular flexibility index (Phi) is 4.23. The number of rotatable bonds is 4. The van der Waals surface area contributed by atoms with Crippen LogP contribution in [0.1, 0.15) is 0 Å². The van der Waals surface area contributed by atoms with Gasteiger partial charge in [-0.1, -0.05) is 41.9 Å². The number of halogens is 1. The van der Waals surface area contributed by atoms with Gasteiger partial charge in [0.15, 0.2) is 10.9 Å². The fourth-order valence-corrected chi connectivity index (χ4v) is 1.76. The van der Waals surface area contributed by atoms with Gasteiger partial charge in [-0.05, 0) is 6.26 Å². The van der Waals surface area contributed by atoms with Crippen molar-refractivity contribution in [2.24, 2.45) is 0 Å². The van der Waals surface area contributed by atoms with E-state index in [1.54, 1.807) is 17.8 Å². The van der Waals surface area contributed by atoms with Crippen LogP contribution >= 0.6 is 23.4 Å². The summed E-state index contributed by atoms with van der Waals surface area (Å²) in [6.07, 6.45) is 1.97. The zero-order valence-corrected chi connectivity index (χ0v) is 10.8. The molecule has 0 saturated heterocycles. The molecule has 0 unspecified atom stereocenters. The van der Waals surface area contributed by atoms with Crippen molar-refractivity contribution in [3.05, 3.63) is 41.6 Å². The molecule has 2 rings (SSSR count). The van der Waals surface area contributed by atoms with Crippen LogP contribution in [-0.4, -0.2) is 22.4 Å². The molecule has 0 aliphatic carbocycles. The van der Waals surface area contributed by atoms with Gasteiger partial charge in [0.1, 0.15) is 11.6 Å². The molecule has 3 nitrogen and oxygen atoms in total. The lowest BCUT2D eigenvalue weighted by Crippen LogP contribution is -1.98. The second kappa shape index (κ2) is 5.89. The van der Waals surface area contributed by atoms with Gasteiger partial charge >= 0.3 is 0 Å². The Balaban J connectivity index is 2.39. The minimum Gasteiger partial charge on any atom is -0.481 e. The van der Waals surface area contributed by atoms with Gasteiger partial charge in [0.2, 0.25) is 0 Å². The second-order valence-corrected chi connectivity index (χ2v) is 4.50. The number of ether oxygens (including phenoxy) is 1. The smallest absolute Gasteiger partial charge is 0.155 e. The summed E-state index contributed by atoms with van der Waals surface area (Å²) in [4.78, 5) is 0. The molecule has 0 aliphatic rings. The SMILES string of the molecule is CSCOc1cc(Cl)nnc1-c1ccccc1. The van der Waals surface area contributed by atoms with Gasteiger partial charge in [-0.15, -0.1) is 22.0 Å². The quantitative estimate of drug-likeness (QED) is 0.794. The molecule has 0 fully saturated rings. The summed E-state index contributed by atoms with van der Waals surface area (Å²) in [5, 5.41) is 8.27. The normalized spacial score (nSPS) is 10.2. The van der Waals surface area contributed by atoms with Crippen LogP contribution in [0.15, 0.2) is 36.4 Å². The van der Waals surface area contributed by atoms with Crippen LogP contribution in [0.2, 0.25) is 5.15 Å². The molecule has 0 spiro atoms. The van der Waals surface area contributed by atoms with E-state index in [9.17, 15) is 0 Å². The third-order valence-corrected chi connectivity index (χ3v) is 2.65. The van der Waals surface area contributed by atoms with Crippen molar-refractivity contribution in [3.8, 4) is 17.0 Å². The first-order valence-electron chi connectivity index (χ1n) is 5.01. The van der Waals surface area contributed by atoms with E-state index in [0.29, 0.717) is 22.5 Å². The molecule has 0 aliphatic heterocycles. The Morgan fingerprint density at radius 2 is 2.00 bits per heavy atom. The Bertz CT molecular complexity index is 493. The van der Waals surface area contributed by atoms with E-state index in [1.807, 2.05) is 36.6 Å². The zero-order chi connectivity index (χ0) is 12.1. The molecule has 1 heterocycles. The molecule has 0 saturated carbocycles. The monoisotopic (exact) mass is 266 g/mol. The molecular formula is C12H11ClN2OS. The highest BCUT2D eigenvalue weighted by Gasteiger charge is 2.09. The van der Waals surface area contributed by atoms with Crippen molar-refractivity contribution < 1.29 is 4.74 Å². The second-order valence-electron chi connectivity index (χ2n) is 3.30. The molecular weight excluding hydrogens is 256 g/mol. The van der Waals surface area contributed by atoms with Crippen LogP contribution in [0.4, 0.5) is 0 Å². The Morgan fingerprint density at radius 3 is 2.71 bits per heavy atom. The maximum atomic E-state index is 5.82. The number of hydrogen-bond acceptors (Lipinski definition) is 4. The van der Waals surface area contributed by atoms with Gasteiger partial charge in [-0.25, -0.2) is 0 Å². The minimum absolute atomic E-state index is 0.334. The summed E-state index contributed by atoms with van der Waals surface area (Å²) in [5.74, 6) is 1.22. The average Bonchev–Trinajstić information content (AvgIpc) is 2.37. The molecule has 0 amide bonds. The molecule has 88 valence electrons. The lowest BCUT2D eigenvalue weighted by Gasteiger charge is -2.09. The van der Waals surface area contributed by atoms with Gasteiger partial charge in [-0.3, -0.25) is 0 Å². The van der Waals surface area contributed by atoms with Gasteiger partial charge in [0, 0.05) is 11.6 Å². The highest BCUT2D eigenvalue weighted by Crippen LogP contribution is 2.29. The molecule has 17 heavy (non-hydrogen) atoms. The maximum absolute atomic E-state index is 5.82. The van der Waals surface area contributed by atoms with E-state index >= 15 is 0 Å². The average molecular weight is 267 g/mol. The van der Waals surface area contributed by atoms with Gasteiger partial charge < -0.3 is 4.74 Å². The van der Waals surface area contributed by atoms with Crippen LogP contribution in [0, 0.1) is 0 Å². The van der Waals surface area contributed by atoms with Crippen molar-refractivity contribution in [1.82, 2.24) is 10.2 Å². The summed E-state index contributed by atoms with van der Waals surface area (Å²) in [7, 11) is 0. The standard InChI is InChI=1S/C12H11ClN2OS/c1-17-8-16-10-7-11(13)14-15-12(10)9-5-3-2-4-6-9/h2-7H,8H2,1H3. The van der Waals surface area contributed by atoms with Crippen LogP contribution in [0.25, 0.3) is 11.3 Å². The Labute approximate surface area is 109 Å². The summed E-state index contributed by atoms with van der Waals surface area (Å²) >= 11 is 7.42. The topological polar surface area (TPSA) is 35.0 Å². The Morgan fingerprint density at radius 1 is 1.24 bits per heavy atom. The molecule has 0 radical (unpaired) electrons. The fraction of sp³-hybridized carbons (Fsp3) is 0.167. The lowest BCUT2D eigenvalue weighted by atomic mass is 10.1. The number of nitrogens with zero attached hydrogens (tertiary/aromatic N) is 2. The molecule has 5 heteroatoms. The van der Waals surface area contributed by atoms with Gasteiger partial charge in [-0.2, -0.15) is 0 Å². The van der Waals surface area contributed by atoms with Crippen molar-refractivity contribution >= 4 is 23.4 Å². The van der Waals surface area contributed by atoms with E-state index in [0.717, 1.165) is 5.56 Å². The largest absolute Gasteiger partial charge is 0.481 e. The number of benzene rings is 1. The first-order chi connectivity index (χ1) is 8.31. The van der Waals surface area contributed by atoms with Crippen LogP contribution in [-0.2, 0) is 0 Å². The number of thioether (sulfide) groups is 1. The fourth-order valence-electron chi connectivity index (χ4n) is 1.38. The molecule has 0 atom stereocenters. The third kappa shape index (κ3) is 3.11. The van der Waals surface area contributed by atoms with E-state index in [1.165, 1.54) is 0 Å². The summed E-state index contributed by atoms with van der Waals surface area (Å²) in [5.41, 5.74) is 1.68. The third-order valence-electron chi connectivity index (χ3n) is 2.11. The van der Waals surface area contributed by atoms with E-state index < -0.39 is 0 Å². The van der Waals surface area contributed by atoms with Crippen LogP contribution in [0.3, 0.4) is 0 Å². The van der Waals surface area contributed by atoms with Crippen molar-refractivity contribution in [2.75, 3.05) is 12.2 Å². The van der Waals surface area contributed by atoms with Crippen LogP contribution in [0.5, 0.6) is 5.75 Å². The lowest BCUT2D eigenvalue weighted by molar-refractivity contribution is 0.392. The molecule has 1 aromatic carbocycles. The van der Waals surface area contributed by atoms with Crippen LogP contribution < -0.4 is 4.74 Å². The highest BCUT2D eigenvalue weighted by atomic mass is 35.5. The highest BCUT2D eigenvalue weighted by molar-refractivity contribution is 7.98. The summed E-state index contributed by atoms with van der Waals surface area (Å²) in [6.45, 7) is 0. The minimum atomic E-state index is 0.334. The maximum Gasteiger partial charge on any atom is 0.155 e. The number of hydrogen-bond donors (Lipinski definition) is 0. The molecule has 0 bridgehead atoms. The molecule has 1 aromatic heterocycles. The number of aromatic nitrogens is 2. The van der Waals surface area contributed by atoms with Gasteiger partial charge in [0.05, 0.1) is 0 Å². The van der Waals surface area contributed by atoms with Crippen molar-refractivity contribution in [2.45, 2.75) is 0 Å². The first-order valence-corrected chi connectivity index (χ1v) is 6.79. The predicted molar refractivity (Wildman–Crippen MR) is 71.5 cm³/mol. The van der Waals surface area contributed by atoms with E-state index in [4.69, 9.17) is 16.3 Å². The van der Waals surface area contributed by atoms with E-state index in [-0.39, 0.29) is 0 Å². The first kappa shape index (κ1) is 12.2. The zero-order valence-electron chi connectivity index (χ0n) is 9.26. The summed E-state index contributed by atoms with van der Waals surface area (Å²) in [6, 6.07) is 11.5. The summed E-state index contributed by atoms with van der Waals surface area (Å²) < 4.78 is 5.60. The molecule has 2 aromatic rings. The van der Waals surface area contributed by atoms with Gasteiger partial charge in [0.25, 0.3) is 0 Å². The van der Waals surface area contributed by atoms with Crippen molar-refractivity contribution in [1.29, 1.82) is 0 Å². The van der Waals surface area contributed by atoms with Crippen molar-refractivity contribution in [3.63, 3.8) is 0 Å². The molecule has 0 N–H and O–H groups in total.